The van der Waals surface area contributed by atoms with E-state index in [0.29, 0.717) is 5.89 Å². The van der Waals surface area contributed by atoms with Gasteiger partial charge >= 0.3 is 0 Å². The molecule has 0 aliphatic carbocycles. The molecule has 6 nitrogen and oxygen atoms in total. The fourth-order valence-corrected chi connectivity index (χ4v) is 1.54. The van der Waals surface area contributed by atoms with E-state index in [9.17, 15) is 4.79 Å². The summed E-state index contributed by atoms with van der Waals surface area (Å²) in [5, 5.41) is 6.73. The molecule has 2 rings (SSSR count). The monoisotopic (exact) mass is 196 g/mol. The Morgan fingerprint density at radius 2 is 2.43 bits per heavy atom. The molecular formula is C8H12N4O2. The summed E-state index contributed by atoms with van der Waals surface area (Å²) in [5.74, 6) is -0.248. The van der Waals surface area contributed by atoms with E-state index in [1.165, 1.54) is 0 Å². The van der Waals surface area contributed by atoms with Crippen molar-refractivity contribution in [3.05, 3.63) is 11.7 Å². The molecule has 0 spiro atoms. The van der Waals surface area contributed by atoms with Gasteiger partial charge in [0, 0.05) is 0 Å². The first-order chi connectivity index (χ1) is 6.77. The highest BCUT2D eigenvalue weighted by atomic mass is 16.5. The van der Waals surface area contributed by atoms with E-state index in [2.05, 4.69) is 15.5 Å². The van der Waals surface area contributed by atoms with Crippen molar-refractivity contribution in [2.45, 2.75) is 25.3 Å². The molecule has 0 bridgehead atoms. The Morgan fingerprint density at radius 3 is 3.00 bits per heavy atom. The van der Waals surface area contributed by atoms with E-state index in [0.717, 1.165) is 25.8 Å². The van der Waals surface area contributed by atoms with Crippen LogP contribution in [0, 0.1) is 0 Å². The van der Waals surface area contributed by atoms with Crippen LogP contribution < -0.4 is 11.1 Å². The van der Waals surface area contributed by atoms with Gasteiger partial charge in [0.15, 0.2) is 0 Å². The Balaban J connectivity index is 2.11. The summed E-state index contributed by atoms with van der Waals surface area (Å²) in [5.41, 5.74) is 5.01. The zero-order chi connectivity index (χ0) is 9.97. The first-order valence-electron chi connectivity index (χ1n) is 4.64. The van der Waals surface area contributed by atoms with E-state index in [1.807, 2.05) is 0 Å². The van der Waals surface area contributed by atoms with E-state index in [1.54, 1.807) is 0 Å². The molecule has 0 aromatic carbocycles. The van der Waals surface area contributed by atoms with Crippen molar-refractivity contribution < 1.29 is 9.32 Å². The van der Waals surface area contributed by atoms with Crippen LogP contribution in [0.1, 0.15) is 41.8 Å². The van der Waals surface area contributed by atoms with Crippen LogP contribution in [-0.2, 0) is 0 Å². The van der Waals surface area contributed by atoms with Gasteiger partial charge in [-0.2, -0.15) is 4.98 Å². The molecule has 76 valence electrons. The highest BCUT2D eigenvalue weighted by Crippen LogP contribution is 2.20. The minimum Gasteiger partial charge on any atom is -0.363 e. The van der Waals surface area contributed by atoms with Crippen LogP contribution in [0.15, 0.2) is 4.52 Å². The number of piperidine rings is 1. The van der Waals surface area contributed by atoms with Crippen molar-refractivity contribution in [3.8, 4) is 0 Å². The second-order valence-corrected chi connectivity index (χ2v) is 3.32. The number of carbonyl (C=O) groups excluding carboxylic acids is 1. The fourth-order valence-electron chi connectivity index (χ4n) is 1.54. The molecule has 1 saturated heterocycles. The maximum absolute atomic E-state index is 10.7. The number of rotatable bonds is 2. The van der Waals surface area contributed by atoms with Gasteiger partial charge in [0.25, 0.3) is 11.7 Å². The minimum atomic E-state index is -0.657. The number of amides is 1. The molecule has 2 heterocycles. The number of carbonyl (C=O) groups is 1. The van der Waals surface area contributed by atoms with Crippen LogP contribution in [0.25, 0.3) is 0 Å². The summed E-state index contributed by atoms with van der Waals surface area (Å²) < 4.78 is 4.94. The third kappa shape index (κ3) is 1.74. The SMILES string of the molecule is NC(=O)c1noc(C2CCCCN2)n1. The van der Waals surface area contributed by atoms with Crippen LogP contribution in [0.3, 0.4) is 0 Å². The molecule has 6 heteroatoms. The third-order valence-corrected chi connectivity index (χ3v) is 2.27. The second-order valence-electron chi connectivity index (χ2n) is 3.32. The zero-order valence-corrected chi connectivity index (χ0v) is 7.69. The molecule has 3 N–H and O–H groups in total. The Hall–Kier alpha value is -1.43. The quantitative estimate of drug-likeness (QED) is 0.693. The van der Waals surface area contributed by atoms with Crippen LogP contribution in [0.5, 0.6) is 0 Å². The number of nitrogens with two attached hydrogens (primary N) is 1. The lowest BCUT2D eigenvalue weighted by Gasteiger charge is -2.19. The van der Waals surface area contributed by atoms with Crippen LogP contribution in [0.2, 0.25) is 0 Å². The predicted octanol–water partition coefficient (Wildman–Crippen LogP) is -0.0169. The van der Waals surface area contributed by atoms with Crippen LogP contribution in [-0.4, -0.2) is 22.6 Å². The second kappa shape index (κ2) is 3.75. The highest BCUT2D eigenvalue weighted by molar-refractivity contribution is 5.88. The average Bonchev–Trinajstić information content (AvgIpc) is 2.68. The van der Waals surface area contributed by atoms with E-state index in [4.69, 9.17) is 10.3 Å². The molecule has 1 amide bonds. The van der Waals surface area contributed by atoms with Crippen molar-refractivity contribution >= 4 is 5.91 Å². The van der Waals surface area contributed by atoms with Gasteiger partial charge in [0.1, 0.15) is 0 Å². The average molecular weight is 196 g/mol. The van der Waals surface area contributed by atoms with Gasteiger partial charge in [-0.3, -0.25) is 4.79 Å². The predicted molar refractivity (Wildman–Crippen MR) is 47.4 cm³/mol. The normalized spacial score (nSPS) is 22.1. The molecule has 1 aliphatic heterocycles. The Labute approximate surface area is 80.9 Å². The number of nitrogens with one attached hydrogen (secondary N) is 1. The summed E-state index contributed by atoms with van der Waals surface area (Å²) in [4.78, 5) is 14.6. The Bertz CT molecular complexity index is 330. The number of hydrogen-bond donors (Lipinski definition) is 2. The first kappa shape index (κ1) is 9.14. The molecule has 0 saturated carbocycles. The maximum Gasteiger partial charge on any atom is 0.290 e. The lowest BCUT2D eigenvalue weighted by Crippen LogP contribution is -2.27. The summed E-state index contributed by atoms with van der Waals surface area (Å²) in [6.07, 6.45) is 3.25. The lowest BCUT2D eigenvalue weighted by molar-refractivity contribution is 0.0987. The summed E-state index contributed by atoms with van der Waals surface area (Å²) in [7, 11) is 0. The molecule has 1 aromatic heterocycles. The standard InChI is InChI=1S/C8H12N4O2/c9-6(13)7-11-8(14-12-7)5-3-1-2-4-10-5/h5,10H,1-4H2,(H2,9,13). The van der Waals surface area contributed by atoms with E-state index < -0.39 is 5.91 Å². The molecule has 1 fully saturated rings. The van der Waals surface area contributed by atoms with Gasteiger partial charge in [0.05, 0.1) is 6.04 Å². The largest absolute Gasteiger partial charge is 0.363 e. The molecule has 1 atom stereocenters. The number of primary amides is 1. The van der Waals surface area contributed by atoms with Crippen molar-refractivity contribution in [3.63, 3.8) is 0 Å². The van der Waals surface area contributed by atoms with E-state index in [-0.39, 0.29) is 11.9 Å². The molecular weight excluding hydrogens is 184 g/mol. The number of nitrogens with zero attached hydrogens (tertiary/aromatic N) is 2. The lowest BCUT2D eigenvalue weighted by atomic mass is 10.1. The number of aromatic nitrogens is 2. The molecule has 1 unspecified atom stereocenters. The van der Waals surface area contributed by atoms with Gasteiger partial charge in [-0.15, -0.1) is 0 Å². The third-order valence-electron chi connectivity index (χ3n) is 2.27. The molecule has 0 radical (unpaired) electrons. The van der Waals surface area contributed by atoms with Gasteiger partial charge in [-0.25, -0.2) is 0 Å². The fraction of sp³-hybridized carbons (Fsp3) is 0.625. The minimum absolute atomic E-state index is 0.0487. The van der Waals surface area contributed by atoms with Crippen molar-refractivity contribution in [1.29, 1.82) is 0 Å². The molecule has 14 heavy (non-hydrogen) atoms. The molecule has 1 aliphatic rings. The number of hydrogen-bond acceptors (Lipinski definition) is 5. The van der Waals surface area contributed by atoms with Gasteiger partial charge < -0.3 is 15.6 Å². The van der Waals surface area contributed by atoms with Crippen molar-refractivity contribution in [2.24, 2.45) is 5.73 Å². The van der Waals surface area contributed by atoms with Crippen LogP contribution in [0.4, 0.5) is 0 Å². The topological polar surface area (TPSA) is 94.0 Å². The Kier molecular flexibility index (Phi) is 2.45. The zero-order valence-electron chi connectivity index (χ0n) is 7.69. The molecule has 1 aromatic rings. The summed E-state index contributed by atoms with van der Waals surface area (Å²) >= 11 is 0. The highest BCUT2D eigenvalue weighted by Gasteiger charge is 2.21. The summed E-state index contributed by atoms with van der Waals surface area (Å²) in [6.45, 7) is 0.943. The maximum atomic E-state index is 10.7. The van der Waals surface area contributed by atoms with E-state index >= 15 is 0 Å². The Morgan fingerprint density at radius 1 is 1.57 bits per heavy atom. The van der Waals surface area contributed by atoms with Gasteiger partial charge in [-0.1, -0.05) is 11.6 Å². The summed E-state index contributed by atoms with van der Waals surface area (Å²) in [6, 6.07) is 0.0735. The van der Waals surface area contributed by atoms with Gasteiger partial charge in [-0.05, 0) is 19.4 Å². The first-order valence-corrected chi connectivity index (χ1v) is 4.64. The van der Waals surface area contributed by atoms with Gasteiger partial charge in [0.2, 0.25) is 5.89 Å². The van der Waals surface area contributed by atoms with Crippen molar-refractivity contribution in [2.75, 3.05) is 6.54 Å². The smallest absolute Gasteiger partial charge is 0.290 e. The van der Waals surface area contributed by atoms with Crippen molar-refractivity contribution in [1.82, 2.24) is 15.5 Å². The van der Waals surface area contributed by atoms with Crippen LogP contribution >= 0.6 is 0 Å².